The minimum absolute atomic E-state index is 0.0640. The van der Waals surface area contributed by atoms with Crippen LogP contribution in [0.4, 0.5) is 4.39 Å². The summed E-state index contributed by atoms with van der Waals surface area (Å²) in [6.45, 7) is 1.45. The Hall–Kier alpha value is -1.63. The van der Waals surface area contributed by atoms with Crippen molar-refractivity contribution in [2.45, 2.75) is 57.4 Å². The molecule has 7 heteroatoms. The average Bonchev–Trinajstić information content (AvgIpc) is 3.28. The second kappa shape index (κ2) is 9.04. The number of aryl methyl sites for hydroxylation is 1. The maximum atomic E-state index is 14.0. The number of ether oxygens (including phenoxy) is 2. The fourth-order valence-corrected chi connectivity index (χ4v) is 3.88. The Kier molecular flexibility index (Phi) is 6.73. The Morgan fingerprint density at radius 3 is 2.78 bits per heavy atom. The molecule has 1 saturated carbocycles. The molecule has 1 aromatic heterocycles. The number of methoxy groups -OCH3 is 1. The zero-order valence-electron chi connectivity index (χ0n) is 15.9. The van der Waals surface area contributed by atoms with Gasteiger partial charge in [-0.25, -0.2) is 9.07 Å². The van der Waals surface area contributed by atoms with Crippen molar-refractivity contribution in [3.63, 3.8) is 0 Å². The Balaban J connectivity index is 1.72. The Labute approximate surface area is 164 Å². The molecule has 1 aliphatic rings. The summed E-state index contributed by atoms with van der Waals surface area (Å²) in [4.78, 5) is 0. The maximum absolute atomic E-state index is 14.0. The Morgan fingerprint density at radius 1 is 1.30 bits per heavy atom. The number of nitrogens with one attached hydrogen (secondary N) is 1. The molecule has 148 valence electrons. The van der Waals surface area contributed by atoms with Crippen LogP contribution in [0.5, 0.6) is 5.88 Å². The van der Waals surface area contributed by atoms with E-state index in [2.05, 4.69) is 10.4 Å². The molecule has 1 aliphatic carbocycles. The zero-order valence-corrected chi connectivity index (χ0v) is 16.7. The predicted molar refractivity (Wildman–Crippen MR) is 104 cm³/mol. The van der Waals surface area contributed by atoms with E-state index in [1.165, 1.54) is 25.0 Å². The van der Waals surface area contributed by atoms with Crippen LogP contribution in [0.25, 0.3) is 0 Å². The number of aromatic nitrogens is 2. The van der Waals surface area contributed by atoms with Gasteiger partial charge < -0.3 is 14.8 Å². The van der Waals surface area contributed by atoms with E-state index in [0.29, 0.717) is 29.6 Å². The molecule has 0 radical (unpaired) electrons. The summed E-state index contributed by atoms with van der Waals surface area (Å²) in [5.74, 6) is 0.300. The highest BCUT2D eigenvalue weighted by atomic mass is 35.5. The molecule has 0 amide bonds. The lowest BCUT2D eigenvalue weighted by atomic mass is 9.98. The highest BCUT2D eigenvalue weighted by Crippen LogP contribution is 2.36. The summed E-state index contributed by atoms with van der Waals surface area (Å²) in [6.07, 6.45) is 5.45. The molecule has 27 heavy (non-hydrogen) atoms. The molecule has 0 atom stereocenters. The van der Waals surface area contributed by atoms with Gasteiger partial charge in [0.05, 0.1) is 11.3 Å². The van der Waals surface area contributed by atoms with E-state index < -0.39 is 0 Å². The smallest absolute Gasteiger partial charge is 0.212 e. The van der Waals surface area contributed by atoms with Crippen LogP contribution in [0.1, 0.15) is 43.4 Å². The second-order valence-corrected chi connectivity index (χ2v) is 7.53. The van der Waals surface area contributed by atoms with Crippen molar-refractivity contribution in [1.82, 2.24) is 15.1 Å². The van der Waals surface area contributed by atoms with Gasteiger partial charge in [0.1, 0.15) is 12.4 Å². The number of rotatable bonds is 9. The van der Waals surface area contributed by atoms with Crippen LogP contribution in [0.2, 0.25) is 5.02 Å². The molecule has 0 unspecified atom stereocenters. The molecule has 0 aliphatic heterocycles. The third-order valence-corrected chi connectivity index (χ3v) is 5.50. The van der Waals surface area contributed by atoms with Gasteiger partial charge in [-0.2, -0.15) is 5.10 Å². The van der Waals surface area contributed by atoms with Crippen LogP contribution in [0.15, 0.2) is 24.3 Å². The third kappa shape index (κ3) is 5.00. The van der Waals surface area contributed by atoms with E-state index >= 15 is 0 Å². The predicted octanol–water partition coefficient (Wildman–Crippen LogP) is 4.32. The maximum Gasteiger partial charge on any atom is 0.212 e. The molecule has 2 aromatic rings. The van der Waals surface area contributed by atoms with E-state index in [1.807, 2.05) is 17.8 Å². The Morgan fingerprint density at radius 2 is 2.07 bits per heavy atom. The van der Waals surface area contributed by atoms with Crippen LogP contribution in [-0.4, -0.2) is 29.5 Å². The fourth-order valence-electron chi connectivity index (χ4n) is 3.68. The number of hydrogen-bond donors (Lipinski definition) is 1. The third-order valence-electron chi connectivity index (χ3n) is 5.26. The van der Waals surface area contributed by atoms with E-state index in [1.54, 1.807) is 13.2 Å². The lowest BCUT2D eigenvalue weighted by molar-refractivity contribution is -0.0156. The molecule has 5 nitrogen and oxygen atoms in total. The topological polar surface area (TPSA) is 48.3 Å². The van der Waals surface area contributed by atoms with Crippen LogP contribution >= 0.6 is 11.6 Å². The monoisotopic (exact) mass is 395 g/mol. The fraction of sp³-hybridized carbons (Fsp3) is 0.550. The molecule has 1 aromatic carbocycles. The van der Waals surface area contributed by atoms with E-state index in [9.17, 15) is 4.39 Å². The molecule has 3 rings (SSSR count). The zero-order chi connectivity index (χ0) is 19.3. The van der Waals surface area contributed by atoms with Crippen molar-refractivity contribution >= 4 is 11.6 Å². The highest BCUT2D eigenvalue weighted by Gasteiger charge is 2.33. The number of hydrogen-bond acceptors (Lipinski definition) is 4. The van der Waals surface area contributed by atoms with Gasteiger partial charge in [-0.15, -0.1) is 0 Å². The van der Waals surface area contributed by atoms with E-state index in [4.69, 9.17) is 21.1 Å². The largest absolute Gasteiger partial charge is 0.473 e. The molecule has 1 N–H and O–H groups in total. The normalized spacial score (nSPS) is 16.0. The first-order valence-electron chi connectivity index (χ1n) is 9.38. The molecule has 0 bridgehead atoms. The summed E-state index contributed by atoms with van der Waals surface area (Å²) in [5.41, 5.74) is 1.25. The van der Waals surface area contributed by atoms with Gasteiger partial charge in [0, 0.05) is 36.9 Å². The van der Waals surface area contributed by atoms with Gasteiger partial charge in [-0.05, 0) is 44.5 Å². The minimum atomic E-state index is -0.329. The summed E-state index contributed by atoms with van der Waals surface area (Å²) in [7, 11) is 3.67. The van der Waals surface area contributed by atoms with Gasteiger partial charge in [0.25, 0.3) is 0 Å². The number of halogens is 2. The van der Waals surface area contributed by atoms with E-state index in [0.717, 1.165) is 25.0 Å². The molecular formula is C20H27ClFN3O2. The molecule has 1 fully saturated rings. The van der Waals surface area contributed by atoms with Crippen molar-refractivity contribution < 1.29 is 13.9 Å². The van der Waals surface area contributed by atoms with Gasteiger partial charge in [0.15, 0.2) is 0 Å². The van der Waals surface area contributed by atoms with Crippen LogP contribution in [0, 0.1) is 5.82 Å². The molecular weight excluding hydrogens is 369 g/mol. The number of benzene rings is 1. The van der Waals surface area contributed by atoms with E-state index in [-0.39, 0.29) is 18.0 Å². The van der Waals surface area contributed by atoms with Crippen molar-refractivity contribution in [2.24, 2.45) is 0 Å². The van der Waals surface area contributed by atoms with Gasteiger partial charge in [-0.3, -0.25) is 0 Å². The molecule has 1 heterocycles. The lowest BCUT2D eigenvalue weighted by Crippen LogP contribution is -2.29. The van der Waals surface area contributed by atoms with Crippen molar-refractivity contribution in [2.75, 3.05) is 14.2 Å². The van der Waals surface area contributed by atoms with Gasteiger partial charge in [0.2, 0.25) is 5.88 Å². The first kappa shape index (κ1) is 20.1. The summed E-state index contributed by atoms with van der Waals surface area (Å²) in [5, 5.41) is 8.22. The highest BCUT2D eigenvalue weighted by molar-refractivity contribution is 6.30. The average molecular weight is 396 g/mol. The summed E-state index contributed by atoms with van der Waals surface area (Å²) in [6, 6.07) is 6.37. The first-order chi connectivity index (χ1) is 13.0. The molecule has 0 spiro atoms. The van der Waals surface area contributed by atoms with Crippen LogP contribution < -0.4 is 10.1 Å². The quantitative estimate of drug-likeness (QED) is 0.686. The van der Waals surface area contributed by atoms with Crippen LogP contribution in [0.3, 0.4) is 0 Å². The van der Waals surface area contributed by atoms with Gasteiger partial charge in [-0.1, -0.05) is 24.4 Å². The summed E-state index contributed by atoms with van der Waals surface area (Å²) >= 11 is 5.97. The van der Waals surface area contributed by atoms with Gasteiger partial charge >= 0.3 is 0 Å². The molecule has 0 saturated heterocycles. The number of nitrogens with zero attached hydrogens (tertiary/aromatic N) is 2. The standard InChI is InChI=1S/C20H27ClFN3O2/c1-23-13-17-12-19(27-14-15-11-16(21)5-6-18(15)22)25(24-17)10-9-20(26-2)7-3-4-8-20/h5-6,11-12,23H,3-4,7-10,13-14H2,1-2H3. The van der Waals surface area contributed by atoms with Crippen molar-refractivity contribution in [3.8, 4) is 5.88 Å². The SMILES string of the molecule is CNCc1cc(OCc2cc(Cl)ccc2F)n(CCC2(OC)CCCC2)n1. The Bertz CT molecular complexity index is 760. The van der Waals surface area contributed by atoms with Crippen LogP contribution in [-0.2, 0) is 24.4 Å². The lowest BCUT2D eigenvalue weighted by Gasteiger charge is -2.27. The second-order valence-electron chi connectivity index (χ2n) is 7.10. The summed E-state index contributed by atoms with van der Waals surface area (Å²) < 4.78 is 27.5. The van der Waals surface area contributed by atoms with Crippen molar-refractivity contribution in [3.05, 3.63) is 46.4 Å². The van der Waals surface area contributed by atoms with Crippen molar-refractivity contribution in [1.29, 1.82) is 0 Å². The first-order valence-corrected chi connectivity index (χ1v) is 9.76. The minimum Gasteiger partial charge on any atom is -0.473 e.